The van der Waals surface area contributed by atoms with Gasteiger partial charge in [0.1, 0.15) is 6.04 Å². The number of halogens is 2. The number of sulfonamides is 1. The third kappa shape index (κ3) is 8.90. The number of hydrogen-bond donors (Lipinski definition) is 1. The summed E-state index contributed by atoms with van der Waals surface area (Å²) in [5, 5.41) is 3.66. The summed E-state index contributed by atoms with van der Waals surface area (Å²) in [5.74, 6) is -0.481. The highest BCUT2D eigenvalue weighted by Gasteiger charge is 2.29. The van der Waals surface area contributed by atoms with Crippen molar-refractivity contribution in [2.75, 3.05) is 17.1 Å². The molecule has 10 heteroatoms. The molecule has 0 aliphatic carbocycles. The van der Waals surface area contributed by atoms with E-state index in [4.69, 9.17) is 23.2 Å². The zero-order chi connectivity index (χ0) is 27.9. The molecule has 204 valence electrons. The van der Waals surface area contributed by atoms with Gasteiger partial charge in [0.25, 0.3) is 0 Å². The van der Waals surface area contributed by atoms with Gasteiger partial charge < -0.3 is 10.2 Å². The predicted molar refractivity (Wildman–Crippen MR) is 152 cm³/mol. The Kier molecular flexibility index (Phi) is 11.3. The van der Waals surface area contributed by atoms with Gasteiger partial charge in [-0.25, -0.2) is 8.42 Å². The van der Waals surface area contributed by atoms with Gasteiger partial charge in [0.2, 0.25) is 21.8 Å². The molecule has 2 rings (SSSR count). The van der Waals surface area contributed by atoms with Gasteiger partial charge in [-0.1, -0.05) is 48.3 Å². The van der Waals surface area contributed by atoms with Crippen LogP contribution in [0.4, 0.5) is 5.69 Å². The van der Waals surface area contributed by atoms with Gasteiger partial charge in [0.05, 0.1) is 22.0 Å². The molecule has 0 aromatic heterocycles. The summed E-state index contributed by atoms with van der Waals surface area (Å²) in [6.45, 7) is 9.66. The quantitative estimate of drug-likeness (QED) is 0.366. The van der Waals surface area contributed by atoms with Crippen molar-refractivity contribution in [2.24, 2.45) is 0 Å². The zero-order valence-electron chi connectivity index (χ0n) is 22.3. The number of anilines is 1. The van der Waals surface area contributed by atoms with Crippen molar-refractivity contribution in [1.82, 2.24) is 10.2 Å². The Balaban J connectivity index is 2.28. The summed E-state index contributed by atoms with van der Waals surface area (Å²) in [5.41, 5.74) is 3.12. The van der Waals surface area contributed by atoms with Gasteiger partial charge >= 0.3 is 0 Å². The molecule has 0 fully saturated rings. The topological polar surface area (TPSA) is 86.8 Å². The van der Waals surface area contributed by atoms with E-state index in [2.05, 4.69) is 5.32 Å². The number of benzene rings is 2. The summed E-state index contributed by atoms with van der Waals surface area (Å²) < 4.78 is 26.6. The third-order valence-corrected chi connectivity index (χ3v) is 7.86. The van der Waals surface area contributed by atoms with Crippen molar-refractivity contribution in [3.8, 4) is 0 Å². The molecule has 7 nitrogen and oxygen atoms in total. The lowest BCUT2D eigenvalue weighted by Gasteiger charge is -2.32. The number of carbonyl (C=O) groups excluding carboxylic acids is 2. The van der Waals surface area contributed by atoms with Crippen molar-refractivity contribution < 1.29 is 18.0 Å². The molecular formula is C27H37Cl2N3O4S. The van der Waals surface area contributed by atoms with Crippen LogP contribution in [0.5, 0.6) is 0 Å². The second kappa shape index (κ2) is 13.5. The molecular weight excluding hydrogens is 533 g/mol. The number of nitrogens with zero attached hydrogens (tertiary/aromatic N) is 2. The van der Waals surface area contributed by atoms with E-state index in [0.717, 1.165) is 22.9 Å². The fourth-order valence-corrected chi connectivity index (χ4v) is 5.44. The molecule has 1 N–H and O–H groups in total. The maximum atomic E-state index is 13.5. The second-order valence-electron chi connectivity index (χ2n) is 9.59. The second-order valence-corrected chi connectivity index (χ2v) is 12.3. The lowest BCUT2D eigenvalue weighted by atomic mass is 10.1. The van der Waals surface area contributed by atoms with Gasteiger partial charge in [-0.05, 0) is 75.4 Å². The van der Waals surface area contributed by atoms with Crippen molar-refractivity contribution in [3.63, 3.8) is 0 Å². The van der Waals surface area contributed by atoms with E-state index in [1.165, 1.54) is 4.31 Å². The summed E-state index contributed by atoms with van der Waals surface area (Å²) >= 11 is 12.2. The Morgan fingerprint density at radius 3 is 2.27 bits per heavy atom. The van der Waals surface area contributed by atoms with E-state index in [1.54, 1.807) is 23.1 Å². The number of amides is 2. The van der Waals surface area contributed by atoms with E-state index in [0.29, 0.717) is 28.6 Å². The van der Waals surface area contributed by atoms with Crippen LogP contribution in [0.1, 0.15) is 56.7 Å². The van der Waals surface area contributed by atoms with Crippen LogP contribution >= 0.6 is 23.2 Å². The maximum absolute atomic E-state index is 13.5. The third-order valence-electron chi connectivity index (χ3n) is 5.94. The molecule has 2 aromatic carbocycles. The summed E-state index contributed by atoms with van der Waals surface area (Å²) in [6, 6.07) is 9.99. The molecule has 2 aromatic rings. The fourth-order valence-electron chi connectivity index (χ4n) is 4.11. The van der Waals surface area contributed by atoms with E-state index in [-0.39, 0.29) is 37.4 Å². The summed E-state index contributed by atoms with van der Waals surface area (Å²) in [4.78, 5) is 28.0. The molecule has 0 saturated heterocycles. The first kappa shape index (κ1) is 30.9. The van der Waals surface area contributed by atoms with Gasteiger partial charge in [0, 0.05) is 25.6 Å². The molecule has 0 bridgehead atoms. The Morgan fingerprint density at radius 2 is 1.70 bits per heavy atom. The van der Waals surface area contributed by atoms with Crippen molar-refractivity contribution in [2.45, 2.75) is 72.5 Å². The Bertz CT molecular complexity index is 1220. The highest BCUT2D eigenvalue weighted by Crippen LogP contribution is 2.26. The average molecular weight is 571 g/mol. The number of carbonyl (C=O) groups is 2. The summed E-state index contributed by atoms with van der Waals surface area (Å²) in [7, 11) is -3.56. The Labute approximate surface area is 231 Å². The molecule has 0 spiro atoms. The molecule has 0 heterocycles. The van der Waals surface area contributed by atoms with E-state index >= 15 is 0 Å². The van der Waals surface area contributed by atoms with E-state index < -0.39 is 16.1 Å². The lowest BCUT2D eigenvalue weighted by molar-refractivity contribution is -0.141. The first-order valence-electron chi connectivity index (χ1n) is 12.3. The van der Waals surface area contributed by atoms with Crippen LogP contribution in [0, 0.1) is 13.8 Å². The highest BCUT2D eigenvalue weighted by molar-refractivity contribution is 7.92. The van der Waals surface area contributed by atoms with Crippen LogP contribution in [0.2, 0.25) is 10.0 Å². The SMILES string of the molecule is CCC(C(=O)NC(C)C)N(Cc1ccc(Cl)c(Cl)c1)C(=O)CCCN(c1cc(C)ccc1C)S(C)(=O)=O. The highest BCUT2D eigenvalue weighted by atomic mass is 35.5. The normalized spacial score (nSPS) is 12.4. The number of nitrogens with one attached hydrogen (secondary N) is 1. The van der Waals surface area contributed by atoms with E-state index in [9.17, 15) is 18.0 Å². The molecule has 0 aliphatic rings. The number of aryl methyl sites for hydroxylation is 2. The standard InChI is InChI=1S/C27H37Cl2N3O4S/c1-7-24(27(34)30-18(2)3)31(17-21-12-13-22(28)23(29)16-21)26(33)9-8-14-32(37(6,35)36)25-15-19(4)10-11-20(25)5/h10-13,15-16,18,24H,7-9,14,17H2,1-6H3,(H,30,34). The first-order chi connectivity index (χ1) is 17.2. The maximum Gasteiger partial charge on any atom is 0.243 e. The first-order valence-corrected chi connectivity index (χ1v) is 14.9. The smallest absolute Gasteiger partial charge is 0.243 e. The Hall–Kier alpha value is -2.29. The predicted octanol–water partition coefficient (Wildman–Crippen LogP) is 5.49. The van der Waals surface area contributed by atoms with Crippen molar-refractivity contribution in [1.29, 1.82) is 0 Å². The van der Waals surface area contributed by atoms with Crippen LogP contribution < -0.4 is 9.62 Å². The molecule has 37 heavy (non-hydrogen) atoms. The average Bonchev–Trinajstić information content (AvgIpc) is 2.79. The van der Waals surface area contributed by atoms with E-state index in [1.807, 2.05) is 52.8 Å². The number of rotatable bonds is 12. The van der Waals surface area contributed by atoms with Crippen LogP contribution in [0.25, 0.3) is 0 Å². The molecule has 2 amide bonds. The molecule has 0 radical (unpaired) electrons. The van der Waals surface area contributed by atoms with Gasteiger partial charge in [-0.15, -0.1) is 0 Å². The molecule has 1 unspecified atom stereocenters. The van der Waals surface area contributed by atoms with Crippen LogP contribution in [-0.4, -0.2) is 50.0 Å². The minimum atomic E-state index is -3.56. The minimum Gasteiger partial charge on any atom is -0.352 e. The lowest BCUT2D eigenvalue weighted by Crippen LogP contribution is -2.50. The van der Waals surface area contributed by atoms with Gasteiger partial charge in [-0.2, -0.15) is 0 Å². The molecule has 0 aliphatic heterocycles. The van der Waals surface area contributed by atoms with Crippen molar-refractivity contribution >= 4 is 50.7 Å². The monoisotopic (exact) mass is 569 g/mol. The minimum absolute atomic E-state index is 0.0731. The Morgan fingerprint density at radius 1 is 1.03 bits per heavy atom. The van der Waals surface area contributed by atoms with Crippen LogP contribution in [0.15, 0.2) is 36.4 Å². The fraction of sp³-hybridized carbons (Fsp3) is 0.481. The molecule has 0 saturated carbocycles. The largest absolute Gasteiger partial charge is 0.352 e. The molecule has 1 atom stereocenters. The van der Waals surface area contributed by atoms with Gasteiger partial charge in [-0.3, -0.25) is 13.9 Å². The van der Waals surface area contributed by atoms with Crippen LogP contribution in [0.3, 0.4) is 0 Å². The number of hydrogen-bond acceptors (Lipinski definition) is 4. The zero-order valence-corrected chi connectivity index (χ0v) is 24.7. The van der Waals surface area contributed by atoms with Gasteiger partial charge in [0.15, 0.2) is 0 Å². The van der Waals surface area contributed by atoms with Crippen LogP contribution in [-0.2, 0) is 26.2 Å². The van der Waals surface area contributed by atoms with Crippen molar-refractivity contribution in [3.05, 3.63) is 63.1 Å². The summed E-state index contributed by atoms with van der Waals surface area (Å²) in [6.07, 6.45) is 1.95.